The largest absolute Gasteiger partial charge is 0.352 e. The standard InChI is InChI=1S/C24H29Cl3FN3O4S/c1-5-15(3)29-24(33)22(6-2)30(13-16-7-9-18(25)19(26)11-16)23(32)14-31(36(4,34)35)17-8-10-21(28)20(27)12-17/h7-12,15,22H,5-6,13-14H2,1-4H3,(H,29,33)/t15-,22-/m0/s1. The topological polar surface area (TPSA) is 86.8 Å². The Morgan fingerprint density at radius 1 is 1.00 bits per heavy atom. The smallest absolute Gasteiger partial charge is 0.244 e. The molecule has 0 aliphatic heterocycles. The molecule has 0 radical (unpaired) electrons. The zero-order valence-corrected chi connectivity index (χ0v) is 23.5. The quantitative estimate of drug-likeness (QED) is 0.392. The summed E-state index contributed by atoms with van der Waals surface area (Å²) in [5.74, 6) is -1.73. The van der Waals surface area contributed by atoms with Crippen molar-refractivity contribution in [3.63, 3.8) is 0 Å². The molecule has 0 bridgehead atoms. The lowest BCUT2D eigenvalue weighted by Gasteiger charge is -2.33. The fourth-order valence-electron chi connectivity index (χ4n) is 3.45. The van der Waals surface area contributed by atoms with Gasteiger partial charge in [-0.1, -0.05) is 54.7 Å². The van der Waals surface area contributed by atoms with Crippen molar-refractivity contribution in [1.29, 1.82) is 0 Å². The van der Waals surface area contributed by atoms with Crippen molar-refractivity contribution in [2.75, 3.05) is 17.1 Å². The molecule has 0 aliphatic rings. The van der Waals surface area contributed by atoms with Gasteiger partial charge in [-0.2, -0.15) is 0 Å². The first-order valence-corrected chi connectivity index (χ1v) is 14.2. The second kappa shape index (κ2) is 12.9. The van der Waals surface area contributed by atoms with Crippen LogP contribution in [0.15, 0.2) is 36.4 Å². The summed E-state index contributed by atoms with van der Waals surface area (Å²) in [6, 6.07) is 7.17. The maximum absolute atomic E-state index is 13.7. The Hall–Kier alpha value is -2.07. The molecule has 0 unspecified atom stereocenters. The molecule has 0 heterocycles. The molecule has 198 valence electrons. The predicted molar refractivity (Wildman–Crippen MR) is 143 cm³/mol. The maximum atomic E-state index is 13.7. The van der Waals surface area contributed by atoms with Crippen molar-refractivity contribution in [3.05, 3.63) is 62.8 Å². The summed E-state index contributed by atoms with van der Waals surface area (Å²) in [6.07, 6.45) is 1.89. The highest BCUT2D eigenvalue weighted by Gasteiger charge is 2.32. The lowest BCUT2D eigenvalue weighted by Crippen LogP contribution is -2.53. The summed E-state index contributed by atoms with van der Waals surface area (Å²) >= 11 is 18.0. The van der Waals surface area contributed by atoms with E-state index in [1.54, 1.807) is 25.1 Å². The Labute approximate surface area is 226 Å². The van der Waals surface area contributed by atoms with Crippen LogP contribution in [0.25, 0.3) is 0 Å². The van der Waals surface area contributed by atoms with Crippen LogP contribution in [0.2, 0.25) is 15.1 Å². The van der Waals surface area contributed by atoms with E-state index in [1.165, 1.54) is 11.0 Å². The van der Waals surface area contributed by atoms with Gasteiger partial charge in [0.05, 0.1) is 27.0 Å². The zero-order valence-electron chi connectivity index (χ0n) is 20.4. The van der Waals surface area contributed by atoms with E-state index in [4.69, 9.17) is 34.8 Å². The summed E-state index contributed by atoms with van der Waals surface area (Å²) in [4.78, 5) is 28.0. The number of hydrogen-bond acceptors (Lipinski definition) is 4. The Morgan fingerprint density at radius 2 is 1.67 bits per heavy atom. The second-order valence-electron chi connectivity index (χ2n) is 8.38. The van der Waals surface area contributed by atoms with Crippen molar-refractivity contribution in [2.24, 2.45) is 0 Å². The SMILES string of the molecule is CC[C@H](C)NC(=O)[C@H](CC)N(Cc1ccc(Cl)c(Cl)c1)C(=O)CN(c1ccc(F)c(Cl)c1)S(C)(=O)=O. The molecule has 0 fully saturated rings. The van der Waals surface area contributed by atoms with Crippen LogP contribution in [0.3, 0.4) is 0 Å². The van der Waals surface area contributed by atoms with Gasteiger partial charge in [-0.3, -0.25) is 13.9 Å². The molecule has 2 amide bonds. The minimum atomic E-state index is -3.97. The van der Waals surface area contributed by atoms with E-state index < -0.39 is 34.3 Å². The van der Waals surface area contributed by atoms with E-state index in [-0.39, 0.29) is 40.6 Å². The van der Waals surface area contributed by atoms with Gasteiger partial charge >= 0.3 is 0 Å². The van der Waals surface area contributed by atoms with Crippen LogP contribution < -0.4 is 9.62 Å². The van der Waals surface area contributed by atoms with Gasteiger partial charge in [0.25, 0.3) is 0 Å². The van der Waals surface area contributed by atoms with Gasteiger partial charge in [-0.05, 0) is 55.7 Å². The number of carbonyl (C=O) groups excluding carboxylic acids is 2. The minimum absolute atomic E-state index is 0.0174. The molecule has 0 saturated heterocycles. The van der Waals surface area contributed by atoms with Gasteiger partial charge in [0.15, 0.2) is 0 Å². The van der Waals surface area contributed by atoms with Gasteiger partial charge in [-0.25, -0.2) is 12.8 Å². The molecule has 2 atom stereocenters. The van der Waals surface area contributed by atoms with Crippen LogP contribution in [0.5, 0.6) is 0 Å². The fraction of sp³-hybridized carbons (Fsp3) is 0.417. The third-order valence-corrected chi connectivity index (χ3v) is 7.76. The van der Waals surface area contributed by atoms with Crippen molar-refractivity contribution >= 4 is 62.3 Å². The van der Waals surface area contributed by atoms with Gasteiger partial charge in [0.2, 0.25) is 21.8 Å². The summed E-state index contributed by atoms with van der Waals surface area (Å²) in [7, 11) is -3.97. The highest BCUT2D eigenvalue weighted by atomic mass is 35.5. The molecular weight excluding hydrogens is 552 g/mol. The molecule has 12 heteroatoms. The average Bonchev–Trinajstić information content (AvgIpc) is 2.80. The number of nitrogens with zero attached hydrogens (tertiary/aromatic N) is 2. The summed E-state index contributed by atoms with van der Waals surface area (Å²) in [5, 5.41) is 3.19. The molecule has 0 aliphatic carbocycles. The third-order valence-electron chi connectivity index (χ3n) is 5.59. The number of carbonyl (C=O) groups is 2. The number of anilines is 1. The summed E-state index contributed by atoms with van der Waals surface area (Å²) in [6.45, 7) is 4.87. The van der Waals surface area contributed by atoms with Crippen molar-refractivity contribution < 1.29 is 22.4 Å². The lowest BCUT2D eigenvalue weighted by molar-refractivity contribution is -0.140. The van der Waals surface area contributed by atoms with Crippen LogP contribution in [0, 0.1) is 5.82 Å². The minimum Gasteiger partial charge on any atom is -0.352 e. The average molecular weight is 581 g/mol. The normalized spacial score (nSPS) is 13.1. The molecule has 2 rings (SSSR count). The highest BCUT2D eigenvalue weighted by molar-refractivity contribution is 7.92. The van der Waals surface area contributed by atoms with E-state index in [0.29, 0.717) is 17.0 Å². The van der Waals surface area contributed by atoms with Crippen molar-refractivity contribution in [3.8, 4) is 0 Å². The maximum Gasteiger partial charge on any atom is 0.244 e. The summed E-state index contributed by atoms with van der Waals surface area (Å²) < 4.78 is 39.7. The first kappa shape index (κ1) is 30.2. The van der Waals surface area contributed by atoms with E-state index in [1.807, 2.05) is 13.8 Å². The molecule has 2 aromatic carbocycles. The van der Waals surface area contributed by atoms with E-state index in [2.05, 4.69) is 5.32 Å². The predicted octanol–water partition coefficient (Wildman–Crippen LogP) is 5.27. The molecule has 36 heavy (non-hydrogen) atoms. The van der Waals surface area contributed by atoms with Gasteiger partial charge in [0, 0.05) is 12.6 Å². The van der Waals surface area contributed by atoms with E-state index in [9.17, 15) is 22.4 Å². The number of rotatable bonds is 11. The highest BCUT2D eigenvalue weighted by Crippen LogP contribution is 2.26. The number of nitrogens with one attached hydrogen (secondary N) is 1. The molecule has 0 saturated carbocycles. The first-order valence-electron chi connectivity index (χ1n) is 11.2. The fourth-order valence-corrected chi connectivity index (χ4v) is 4.79. The van der Waals surface area contributed by atoms with Gasteiger partial charge < -0.3 is 10.2 Å². The third kappa shape index (κ3) is 7.96. The molecular formula is C24H29Cl3FN3O4S. The monoisotopic (exact) mass is 579 g/mol. The van der Waals surface area contributed by atoms with Crippen molar-refractivity contribution in [1.82, 2.24) is 10.2 Å². The Kier molecular flexibility index (Phi) is 10.8. The van der Waals surface area contributed by atoms with Gasteiger partial charge in [-0.15, -0.1) is 0 Å². The first-order chi connectivity index (χ1) is 16.8. The van der Waals surface area contributed by atoms with Crippen molar-refractivity contribution in [2.45, 2.75) is 52.2 Å². The number of benzene rings is 2. The summed E-state index contributed by atoms with van der Waals surface area (Å²) in [5.41, 5.74) is 0.618. The second-order valence-corrected chi connectivity index (χ2v) is 11.5. The molecule has 1 N–H and O–H groups in total. The van der Waals surface area contributed by atoms with Gasteiger partial charge in [0.1, 0.15) is 18.4 Å². The Balaban J connectivity index is 2.48. The van der Waals surface area contributed by atoms with Crippen LogP contribution in [0.4, 0.5) is 10.1 Å². The van der Waals surface area contributed by atoms with Crippen LogP contribution in [0.1, 0.15) is 39.2 Å². The molecule has 0 aromatic heterocycles. The molecule has 0 spiro atoms. The number of halogens is 4. The Morgan fingerprint density at radius 3 is 2.19 bits per heavy atom. The Bertz CT molecular complexity index is 1210. The van der Waals surface area contributed by atoms with Crippen LogP contribution in [-0.2, 0) is 26.2 Å². The number of sulfonamides is 1. The van der Waals surface area contributed by atoms with E-state index in [0.717, 1.165) is 22.7 Å². The molecule has 2 aromatic rings. The zero-order chi connectivity index (χ0) is 27.2. The number of amides is 2. The number of hydrogen-bond donors (Lipinski definition) is 1. The molecule has 7 nitrogen and oxygen atoms in total. The van der Waals surface area contributed by atoms with Crippen LogP contribution >= 0.6 is 34.8 Å². The van der Waals surface area contributed by atoms with Crippen LogP contribution in [-0.4, -0.2) is 50.0 Å². The van der Waals surface area contributed by atoms with E-state index >= 15 is 0 Å². The lowest BCUT2D eigenvalue weighted by atomic mass is 10.1.